The largest absolute Gasteiger partial charge is 0.444 e. The molecule has 0 bridgehead atoms. The first kappa shape index (κ1) is 30.8. The average molecular weight is 526 g/mol. The summed E-state index contributed by atoms with van der Waals surface area (Å²) in [5.41, 5.74) is 1.81. The highest BCUT2D eigenvalue weighted by atomic mass is 16.6. The highest BCUT2D eigenvalue weighted by molar-refractivity contribution is 5.93. The molecule has 0 saturated heterocycles. The summed E-state index contributed by atoms with van der Waals surface area (Å²) in [6.45, 7) is 14.3. The Morgan fingerprint density at radius 3 is 2.18 bits per heavy atom. The molecule has 0 spiro atoms. The van der Waals surface area contributed by atoms with Gasteiger partial charge in [-0.25, -0.2) is 4.79 Å². The fourth-order valence-corrected chi connectivity index (χ4v) is 4.08. The maximum Gasteiger partial charge on any atom is 0.408 e. The Hall–Kier alpha value is -3.39. The van der Waals surface area contributed by atoms with Crippen LogP contribution in [0.3, 0.4) is 0 Å². The Bertz CT molecular complexity index is 1110. The van der Waals surface area contributed by atoms with Crippen LogP contribution in [0.25, 0.3) is 0 Å². The third-order valence-electron chi connectivity index (χ3n) is 6.47. The number of aliphatic hydroxyl groups excluding tert-OH is 1. The summed E-state index contributed by atoms with van der Waals surface area (Å²) < 4.78 is 5.32. The lowest BCUT2D eigenvalue weighted by Gasteiger charge is -2.44. The van der Waals surface area contributed by atoms with Gasteiger partial charge in [-0.15, -0.1) is 0 Å². The van der Waals surface area contributed by atoms with Gasteiger partial charge in [-0.05, 0) is 71.6 Å². The average Bonchev–Trinajstić information content (AvgIpc) is 2.85. The van der Waals surface area contributed by atoms with Crippen molar-refractivity contribution in [1.82, 2.24) is 15.5 Å². The van der Waals surface area contributed by atoms with Crippen molar-refractivity contribution in [2.45, 2.75) is 91.6 Å². The van der Waals surface area contributed by atoms with Gasteiger partial charge in [0.15, 0.2) is 0 Å². The summed E-state index contributed by atoms with van der Waals surface area (Å²) in [6.07, 6.45) is -0.299. The number of amides is 3. The Kier molecular flexibility index (Phi) is 10.5. The van der Waals surface area contributed by atoms with Crippen LogP contribution in [0.5, 0.6) is 0 Å². The van der Waals surface area contributed by atoms with Gasteiger partial charge in [-0.2, -0.15) is 0 Å². The quantitative estimate of drug-likeness (QED) is 0.421. The summed E-state index contributed by atoms with van der Waals surface area (Å²) in [5, 5.41) is 15.6. The van der Waals surface area contributed by atoms with Crippen molar-refractivity contribution in [3.8, 4) is 0 Å². The Morgan fingerprint density at radius 1 is 1.00 bits per heavy atom. The van der Waals surface area contributed by atoms with Crippen LogP contribution in [0.4, 0.5) is 4.79 Å². The zero-order chi connectivity index (χ0) is 28.7. The zero-order valence-electron chi connectivity index (χ0n) is 23.9. The van der Waals surface area contributed by atoms with E-state index < -0.39 is 41.8 Å². The van der Waals surface area contributed by atoms with Gasteiger partial charge in [0.05, 0.1) is 6.61 Å². The van der Waals surface area contributed by atoms with Crippen LogP contribution in [0.15, 0.2) is 48.5 Å². The summed E-state index contributed by atoms with van der Waals surface area (Å²) in [5.74, 6) is -0.933. The maximum absolute atomic E-state index is 14.1. The van der Waals surface area contributed by atoms with Crippen LogP contribution in [-0.4, -0.2) is 51.7 Å². The van der Waals surface area contributed by atoms with Gasteiger partial charge in [0.1, 0.15) is 17.7 Å². The lowest BCUT2D eigenvalue weighted by molar-refractivity contribution is -0.150. The predicted molar refractivity (Wildman–Crippen MR) is 148 cm³/mol. The Labute approximate surface area is 226 Å². The number of aryl methyl sites for hydroxylation is 2. The van der Waals surface area contributed by atoms with Crippen LogP contribution < -0.4 is 10.6 Å². The van der Waals surface area contributed by atoms with Crippen LogP contribution in [0.1, 0.15) is 76.3 Å². The number of carbonyl (C=O) groups excluding carboxylic acids is 3. The van der Waals surface area contributed by atoms with E-state index in [9.17, 15) is 19.5 Å². The minimum Gasteiger partial charge on any atom is -0.444 e. The second-order valence-electron chi connectivity index (χ2n) is 11.2. The molecule has 0 fully saturated rings. The number of ether oxygens (including phenoxy) is 1. The minimum absolute atomic E-state index is 0.287. The fraction of sp³-hybridized carbons (Fsp3) is 0.500. The number of hydrogen-bond acceptors (Lipinski definition) is 5. The first-order valence-corrected chi connectivity index (χ1v) is 13.0. The third-order valence-corrected chi connectivity index (χ3v) is 6.47. The highest BCUT2D eigenvalue weighted by Crippen LogP contribution is 2.34. The van der Waals surface area contributed by atoms with Crippen LogP contribution in [0, 0.1) is 13.8 Å². The van der Waals surface area contributed by atoms with Gasteiger partial charge in [-0.1, -0.05) is 61.0 Å². The van der Waals surface area contributed by atoms with Crippen LogP contribution >= 0.6 is 0 Å². The van der Waals surface area contributed by atoms with Crippen molar-refractivity contribution < 1.29 is 24.2 Å². The van der Waals surface area contributed by atoms with Gasteiger partial charge in [-0.3, -0.25) is 9.59 Å². The van der Waals surface area contributed by atoms with E-state index in [1.165, 1.54) is 4.90 Å². The van der Waals surface area contributed by atoms with E-state index >= 15 is 0 Å². The van der Waals surface area contributed by atoms with Crippen molar-refractivity contribution in [3.63, 3.8) is 0 Å². The Balaban J connectivity index is 2.56. The molecule has 0 radical (unpaired) electrons. The molecule has 3 amide bonds. The topological polar surface area (TPSA) is 108 Å². The number of benzene rings is 2. The van der Waals surface area contributed by atoms with Crippen molar-refractivity contribution in [3.05, 3.63) is 70.8 Å². The Morgan fingerprint density at radius 2 is 1.63 bits per heavy atom. The molecule has 2 unspecified atom stereocenters. The van der Waals surface area contributed by atoms with Gasteiger partial charge >= 0.3 is 6.09 Å². The molecule has 8 nitrogen and oxygen atoms in total. The number of carbonyl (C=O) groups is 3. The molecule has 208 valence electrons. The number of rotatable bonds is 10. The van der Waals surface area contributed by atoms with E-state index in [0.717, 1.165) is 16.7 Å². The van der Waals surface area contributed by atoms with E-state index in [-0.39, 0.29) is 12.5 Å². The molecule has 2 aromatic carbocycles. The molecule has 0 aliphatic rings. The van der Waals surface area contributed by atoms with Crippen molar-refractivity contribution in [2.75, 3.05) is 6.61 Å². The van der Waals surface area contributed by atoms with Gasteiger partial charge in [0, 0.05) is 12.1 Å². The smallest absolute Gasteiger partial charge is 0.408 e. The van der Waals surface area contributed by atoms with Crippen molar-refractivity contribution in [1.29, 1.82) is 0 Å². The van der Waals surface area contributed by atoms with Crippen molar-refractivity contribution >= 4 is 17.9 Å². The van der Waals surface area contributed by atoms with Crippen LogP contribution in [0.2, 0.25) is 0 Å². The van der Waals surface area contributed by atoms with E-state index in [1.54, 1.807) is 20.8 Å². The maximum atomic E-state index is 14.1. The first-order chi connectivity index (χ1) is 17.7. The van der Waals surface area contributed by atoms with Crippen LogP contribution in [-0.2, 0) is 20.9 Å². The highest BCUT2D eigenvalue weighted by Gasteiger charge is 2.43. The lowest BCUT2D eigenvalue weighted by atomic mass is 9.89. The summed E-state index contributed by atoms with van der Waals surface area (Å²) >= 11 is 0. The predicted octanol–water partition coefficient (Wildman–Crippen LogP) is 4.56. The molecule has 0 aromatic heterocycles. The number of hydrogen-bond donors (Lipinski definition) is 3. The second-order valence-corrected chi connectivity index (χ2v) is 11.2. The molecular formula is C30H43N3O5. The minimum atomic E-state index is -1.30. The standard InChI is InChI=1S/C30H43N3O5/c1-9-30(7,8)33(27(36)24(19-34)32-28(37)38-29(4,5)6)25(23-17-20(2)15-16-21(23)3)26(35)31-18-22-13-11-10-12-14-22/h10-17,24-25,34H,9,18-19H2,1-8H3,(H,31,35)(H,32,37). The van der Waals surface area contributed by atoms with E-state index in [0.29, 0.717) is 12.0 Å². The van der Waals surface area contributed by atoms with Crippen molar-refractivity contribution in [2.24, 2.45) is 0 Å². The number of nitrogens with zero attached hydrogens (tertiary/aromatic N) is 1. The molecule has 38 heavy (non-hydrogen) atoms. The fourth-order valence-electron chi connectivity index (χ4n) is 4.08. The van der Waals surface area contributed by atoms with E-state index in [4.69, 9.17) is 4.74 Å². The monoisotopic (exact) mass is 525 g/mol. The second kappa shape index (κ2) is 12.9. The molecule has 8 heteroatoms. The van der Waals surface area contributed by atoms with E-state index in [2.05, 4.69) is 10.6 Å². The molecule has 3 N–H and O–H groups in total. The van der Waals surface area contributed by atoms with Gasteiger partial charge in [0.2, 0.25) is 11.8 Å². The molecule has 0 saturated carbocycles. The molecule has 0 aliphatic heterocycles. The van der Waals surface area contributed by atoms with Gasteiger partial charge < -0.3 is 25.4 Å². The zero-order valence-corrected chi connectivity index (χ0v) is 23.9. The summed E-state index contributed by atoms with van der Waals surface area (Å²) in [7, 11) is 0. The SMILES string of the molecule is CCC(C)(C)N(C(=O)C(CO)NC(=O)OC(C)(C)C)C(C(=O)NCc1ccccc1)c1cc(C)ccc1C. The molecule has 2 atom stereocenters. The molecule has 2 rings (SSSR count). The molecule has 0 heterocycles. The number of aliphatic hydroxyl groups is 1. The lowest BCUT2D eigenvalue weighted by Crippen LogP contribution is -2.60. The summed E-state index contributed by atoms with van der Waals surface area (Å²) in [6, 6.07) is 13.0. The number of alkyl carbamates (subject to hydrolysis) is 1. The first-order valence-electron chi connectivity index (χ1n) is 13.0. The van der Waals surface area contributed by atoms with E-state index in [1.807, 2.05) is 83.1 Å². The molecule has 0 aliphatic carbocycles. The molecular weight excluding hydrogens is 482 g/mol. The molecule has 2 aromatic rings. The summed E-state index contributed by atoms with van der Waals surface area (Å²) in [4.78, 5) is 42.0. The van der Waals surface area contributed by atoms with Gasteiger partial charge in [0.25, 0.3) is 0 Å². The third kappa shape index (κ3) is 8.31. The normalized spacial score (nSPS) is 13.3. The number of nitrogens with one attached hydrogen (secondary N) is 2.